The first-order valence-electron chi connectivity index (χ1n) is 4.56. The molecule has 0 unspecified atom stereocenters. The lowest BCUT2D eigenvalue weighted by molar-refractivity contribution is -0.385. The summed E-state index contributed by atoms with van der Waals surface area (Å²) in [7, 11) is 0. The smallest absolute Gasteiger partial charge is 0.276 e. The van der Waals surface area contributed by atoms with E-state index in [1.807, 2.05) is 0 Å². The van der Waals surface area contributed by atoms with Gasteiger partial charge in [-0.15, -0.1) is 0 Å². The molecule has 1 aliphatic rings. The van der Waals surface area contributed by atoms with Crippen molar-refractivity contribution in [3.63, 3.8) is 0 Å². The number of para-hydroxylation sites is 1. The summed E-state index contributed by atoms with van der Waals surface area (Å²) in [5.41, 5.74) is 0.579. The Balaban J connectivity index is 2.42. The fourth-order valence-corrected chi connectivity index (χ4v) is 2.81. The molecule has 0 aliphatic carbocycles. The molecule has 86 valence electrons. The largest absolute Gasteiger partial charge is 0.331 e. The van der Waals surface area contributed by atoms with Crippen molar-refractivity contribution in [3.05, 3.63) is 44.8 Å². The summed E-state index contributed by atoms with van der Waals surface area (Å²) in [5, 5.41) is 13.7. The molecule has 1 N–H and O–H groups in total. The highest BCUT2D eigenvalue weighted by molar-refractivity contribution is 8.27. The fourth-order valence-electron chi connectivity index (χ4n) is 1.34. The summed E-state index contributed by atoms with van der Waals surface area (Å²) in [6, 6.07) is 6.51. The minimum absolute atomic E-state index is 0.0567. The Labute approximate surface area is 112 Å². The van der Waals surface area contributed by atoms with Gasteiger partial charge in [0.25, 0.3) is 5.69 Å². The van der Waals surface area contributed by atoms with Gasteiger partial charge >= 0.3 is 0 Å². The second-order valence-corrected chi connectivity index (χ2v) is 5.30. The normalized spacial score (nSPS) is 17.3. The molecule has 1 saturated heterocycles. The molecule has 0 atom stereocenters. The van der Waals surface area contributed by atoms with Crippen LogP contribution in [0.15, 0.2) is 29.2 Å². The van der Waals surface area contributed by atoms with Crippen LogP contribution in [-0.2, 0) is 0 Å². The van der Waals surface area contributed by atoms with E-state index < -0.39 is 4.92 Å². The van der Waals surface area contributed by atoms with Crippen molar-refractivity contribution in [1.29, 1.82) is 0 Å². The first-order valence-corrected chi connectivity index (χ1v) is 6.19. The molecule has 1 aliphatic heterocycles. The summed E-state index contributed by atoms with van der Waals surface area (Å²) >= 11 is 11.3. The highest BCUT2D eigenvalue weighted by Crippen LogP contribution is 2.29. The van der Waals surface area contributed by atoms with Crippen LogP contribution < -0.4 is 5.32 Å². The molecule has 1 aromatic carbocycles. The van der Waals surface area contributed by atoms with Crippen molar-refractivity contribution in [3.8, 4) is 0 Å². The zero-order valence-corrected chi connectivity index (χ0v) is 10.8. The van der Waals surface area contributed by atoms with Gasteiger partial charge in [0.15, 0.2) is 0 Å². The van der Waals surface area contributed by atoms with Crippen molar-refractivity contribution >= 4 is 57.3 Å². The van der Waals surface area contributed by atoms with Crippen LogP contribution in [0.5, 0.6) is 0 Å². The third-order valence-electron chi connectivity index (χ3n) is 2.06. The third-order valence-corrected chi connectivity index (χ3v) is 3.69. The lowest BCUT2D eigenvalue weighted by atomic mass is 10.1. The minimum Gasteiger partial charge on any atom is -0.331 e. The Morgan fingerprint density at radius 1 is 1.35 bits per heavy atom. The van der Waals surface area contributed by atoms with Crippen LogP contribution in [0.1, 0.15) is 5.56 Å². The van der Waals surface area contributed by atoms with Gasteiger partial charge in [-0.05, 0) is 12.1 Å². The molecule has 0 saturated carbocycles. The zero-order valence-electron chi connectivity index (χ0n) is 8.38. The standard InChI is InChI=1S/C10H6N2O2S3/c13-12(14)7-4-2-1-3-6(7)5-8-9(15)11-10(16)17-8/h1-5H,(H,11,15,16). The number of nitro groups is 1. The molecule has 1 heterocycles. The van der Waals surface area contributed by atoms with E-state index in [-0.39, 0.29) is 5.69 Å². The summed E-state index contributed by atoms with van der Waals surface area (Å²) < 4.78 is 0.569. The van der Waals surface area contributed by atoms with Gasteiger partial charge < -0.3 is 5.32 Å². The molecular formula is C10H6N2O2S3. The van der Waals surface area contributed by atoms with E-state index in [1.165, 1.54) is 17.8 Å². The maximum Gasteiger partial charge on any atom is 0.276 e. The molecule has 0 aromatic heterocycles. The van der Waals surface area contributed by atoms with E-state index in [9.17, 15) is 10.1 Å². The average molecular weight is 282 g/mol. The Bertz CT molecular complexity index is 554. The average Bonchev–Trinajstić information content (AvgIpc) is 2.58. The first kappa shape index (κ1) is 12.2. The van der Waals surface area contributed by atoms with Gasteiger partial charge in [-0.25, -0.2) is 0 Å². The first-order chi connectivity index (χ1) is 8.08. The molecule has 0 bridgehead atoms. The topological polar surface area (TPSA) is 55.2 Å². The van der Waals surface area contributed by atoms with Gasteiger partial charge in [0.2, 0.25) is 0 Å². The predicted molar refractivity (Wildman–Crippen MR) is 77.0 cm³/mol. The predicted octanol–water partition coefficient (Wildman–Crippen LogP) is 2.88. The molecule has 2 rings (SSSR count). The maximum atomic E-state index is 10.8. The van der Waals surface area contributed by atoms with Gasteiger partial charge in [-0.2, -0.15) is 0 Å². The van der Waals surface area contributed by atoms with Crippen LogP contribution in [-0.4, -0.2) is 14.2 Å². The lowest BCUT2D eigenvalue weighted by Gasteiger charge is -1.98. The van der Waals surface area contributed by atoms with Crippen LogP contribution in [0.2, 0.25) is 0 Å². The fraction of sp³-hybridized carbons (Fsp3) is 0. The maximum absolute atomic E-state index is 10.8. The van der Waals surface area contributed by atoms with Gasteiger partial charge in [0, 0.05) is 6.07 Å². The van der Waals surface area contributed by atoms with Gasteiger partial charge in [-0.1, -0.05) is 48.3 Å². The Morgan fingerprint density at radius 3 is 2.65 bits per heavy atom. The van der Waals surface area contributed by atoms with E-state index in [4.69, 9.17) is 24.4 Å². The third kappa shape index (κ3) is 2.68. The molecule has 0 radical (unpaired) electrons. The van der Waals surface area contributed by atoms with Crippen LogP contribution >= 0.6 is 36.2 Å². The quantitative estimate of drug-likeness (QED) is 0.389. The second kappa shape index (κ2) is 4.91. The van der Waals surface area contributed by atoms with Gasteiger partial charge in [-0.3, -0.25) is 10.1 Å². The van der Waals surface area contributed by atoms with Crippen LogP contribution in [0, 0.1) is 10.1 Å². The van der Waals surface area contributed by atoms with E-state index in [2.05, 4.69) is 5.32 Å². The van der Waals surface area contributed by atoms with Crippen molar-refractivity contribution in [2.75, 3.05) is 0 Å². The van der Waals surface area contributed by atoms with Gasteiger partial charge in [0.1, 0.15) is 9.31 Å². The summed E-state index contributed by atoms with van der Waals surface area (Å²) in [6.45, 7) is 0. The molecular weight excluding hydrogens is 276 g/mol. The summed E-state index contributed by atoms with van der Waals surface area (Å²) in [5.74, 6) is 0. The number of hydrogen-bond acceptors (Lipinski definition) is 5. The van der Waals surface area contributed by atoms with E-state index >= 15 is 0 Å². The van der Waals surface area contributed by atoms with Crippen LogP contribution in [0.3, 0.4) is 0 Å². The number of nitro benzene ring substituents is 1. The molecule has 17 heavy (non-hydrogen) atoms. The highest BCUT2D eigenvalue weighted by atomic mass is 32.2. The molecule has 0 amide bonds. The minimum atomic E-state index is -0.416. The highest BCUT2D eigenvalue weighted by Gasteiger charge is 2.20. The number of thioether (sulfide) groups is 1. The number of nitrogens with zero attached hydrogens (tertiary/aromatic N) is 1. The molecule has 7 heteroatoms. The van der Waals surface area contributed by atoms with E-state index in [0.717, 1.165) is 4.91 Å². The molecule has 0 spiro atoms. The van der Waals surface area contributed by atoms with E-state index in [0.29, 0.717) is 14.9 Å². The number of hydrogen-bond donors (Lipinski definition) is 1. The summed E-state index contributed by atoms with van der Waals surface area (Å²) in [6.07, 6.45) is 1.68. The number of rotatable bonds is 2. The van der Waals surface area contributed by atoms with Gasteiger partial charge in [0.05, 0.1) is 15.4 Å². The monoisotopic (exact) mass is 282 g/mol. The van der Waals surface area contributed by atoms with Crippen LogP contribution in [0.25, 0.3) is 6.08 Å². The molecule has 4 nitrogen and oxygen atoms in total. The van der Waals surface area contributed by atoms with Crippen molar-refractivity contribution in [2.45, 2.75) is 0 Å². The second-order valence-electron chi connectivity index (χ2n) is 3.17. The number of benzene rings is 1. The Morgan fingerprint density at radius 2 is 2.06 bits per heavy atom. The zero-order chi connectivity index (χ0) is 12.4. The van der Waals surface area contributed by atoms with Crippen molar-refractivity contribution < 1.29 is 4.92 Å². The van der Waals surface area contributed by atoms with Crippen molar-refractivity contribution in [2.24, 2.45) is 0 Å². The van der Waals surface area contributed by atoms with Crippen molar-refractivity contribution in [1.82, 2.24) is 5.32 Å². The number of thiocarbonyl (C=S) groups is 2. The van der Waals surface area contributed by atoms with Crippen LogP contribution in [0.4, 0.5) is 5.69 Å². The Kier molecular flexibility index (Phi) is 3.51. The lowest BCUT2D eigenvalue weighted by Crippen LogP contribution is -2.15. The SMILES string of the molecule is O=[N+]([O-])c1ccccc1C=C1SC(=S)NC1=S. The number of nitrogens with one attached hydrogen (secondary N) is 1. The Hall–Kier alpha value is -1.31. The van der Waals surface area contributed by atoms with E-state index in [1.54, 1.807) is 24.3 Å². The molecule has 1 aromatic rings. The molecule has 1 fully saturated rings. The summed E-state index contributed by atoms with van der Waals surface area (Å²) in [4.78, 5) is 11.7.